The summed E-state index contributed by atoms with van der Waals surface area (Å²) in [6.45, 7) is 7.68. The Bertz CT molecular complexity index is 1260. The number of hydrogen-bond acceptors (Lipinski definition) is 7. The summed E-state index contributed by atoms with van der Waals surface area (Å²) >= 11 is 1.03. The summed E-state index contributed by atoms with van der Waals surface area (Å²) in [6.07, 6.45) is 3.12. The van der Waals surface area contributed by atoms with Crippen molar-refractivity contribution < 1.29 is 28.3 Å². The van der Waals surface area contributed by atoms with E-state index in [-0.39, 0.29) is 35.4 Å². The Morgan fingerprint density at radius 1 is 1.17 bits per heavy atom. The van der Waals surface area contributed by atoms with Gasteiger partial charge in [0.25, 0.3) is 11.8 Å². The minimum absolute atomic E-state index is 0.0485. The highest BCUT2D eigenvalue weighted by Gasteiger charge is 2.28. The van der Waals surface area contributed by atoms with Crippen molar-refractivity contribution in [2.45, 2.75) is 33.3 Å². The Hall–Kier alpha value is -3.85. The first kappa shape index (κ1) is 26.7. The van der Waals surface area contributed by atoms with Crippen molar-refractivity contribution >= 4 is 34.1 Å². The van der Waals surface area contributed by atoms with Crippen LogP contribution in [0.3, 0.4) is 0 Å². The number of nitrogens with one attached hydrogen (secondary N) is 1. The molecule has 0 unspecified atom stereocenters. The van der Waals surface area contributed by atoms with Crippen LogP contribution in [0.15, 0.2) is 53.5 Å². The van der Waals surface area contributed by atoms with Crippen LogP contribution in [0.2, 0.25) is 0 Å². The van der Waals surface area contributed by atoms with Gasteiger partial charge in [-0.2, -0.15) is 0 Å². The van der Waals surface area contributed by atoms with Gasteiger partial charge in [-0.25, -0.2) is 4.79 Å². The van der Waals surface area contributed by atoms with Crippen LogP contribution in [0.4, 0.5) is 5.00 Å². The smallest absolute Gasteiger partial charge is 0.341 e. The van der Waals surface area contributed by atoms with Gasteiger partial charge in [0.1, 0.15) is 23.1 Å². The summed E-state index contributed by atoms with van der Waals surface area (Å²) in [5.74, 6) is -0.193. The Labute approximate surface area is 214 Å². The molecule has 0 saturated carbocycles. The molecule has 1 N–H and O–H groups in total. The van der Waals surface area contributed by atoms with Crippen molar-refractivity contribution in [1.82, 2.24) is 4.90 Å². The van der Waals surface area contributed by atoms with E-state index in [0.29, 0.717) is 34.8 Å². The van der Waals surface area contributed by atoms with Crippen molar-refractivity contribution in [3.05, 3.63) is 82.1 Å². The number of ether oxygens (including phenoxy) is 2. The van der Waals surface area contributed by atoms with E-state index in [1.54, 1.807) is 33.2 Å². The molecule has 0 aliphatic carbocycles. The fraction of sp³-hybridized carbons (Fsp3) is 0.296. The molecule has 9 heteroatoms. The SMILES string of the molecule is C=CCc1ccccc1OCc1ccc(C(=O)Nc2sc(C(=O)N(C)C)c(C)c2C(=O)OCCC)o1. The lowest BCUT2D eigenvalue weighted by Gasteiger charge is -2.09. The lowest BCUT2D eigenvalue weighted by atomic mass is 10.1. The number of benzene rings is 1. The number of hydrogen-bond donors (Lipinski definition) is 1. The van der Waals surface area contributed by atoms with Crippen LogP contribution in [0.25, 0.3) is 0 Å². The van der Waals surface area contributed by atoms with Gasteiger partial charge < -0.3 is 24.1 Å². The third kappa shape index (κ3) is 6.23. The van der Waals surface area contributed by atoms with Crippen molar-refractivity contribution in [2.75, 3.05) is 26.0 Å². The van der Waals surface area contributed by atoms with Gasteiger partial charge in [0.2, 0.25) is 0 Å². The number of nitrogens with zero attached hydrogens (tertiary/aromatic N) is 1. The van der Waals surface area contributed by atoms with Crippen molar-refractivity contribution in [3.63, 3.8) is 0 Å². The van der Waals surface area contributed by atoms with Crippen LogP contribution >= 0.6 is 11.3 Å². The van der Waals surface area contributed by atoms with Crippen LogP contribution in [0.1, 0.15) is 60.8 Å². The Morgan fingerprint density at radius 2 is 1.92 bits per heavy atom. The largest absolute Gasteiger partial charge is 0.485 e. The first-order valence-electron chi connectivity index (χ1n) is 11.5. The zero-order valence-corrected chi connectivity index (χ0v) is 21.7. The van der Waals surface area contributed by atoms with E-state index < -0.39 is 11.9 Å². The van der Waals surface area contributed by atoms with E-state index in [4.69, 9.17) is 13.9 Å². The highest BCUT2D eigenvalue weighted by Crippen LogP contribution is 2.35. The van der Waals surface area contributed by atoms with E-state index in [9.17, 15) is 14.4 Å². The number of anilines is 1. The van der Waals surface area contributed by atoms with Gasteiger partial charge in [-0.1, -0.05) is 31.2 Å². The first-order chi connectivity index (χ1) is 17.3. The van der Waals surface area contributed by atoms with Crippen LogP contribution in [0.5, 0.6) is 5.75 Å². The van der Waals surface area contributed by atoms with E-state index in [0.717, 1.165) is 16.9 Å². The second-order valence-corrected chi connectivity index (χ2v) is 9.23. The Balaban J connectivity index is 1.78. The third-order valence-electron chi connectivity index (χ3n) is 5.21. The molecule has 0 saturated heterocycles. The predicted molar refractivity (Wildman–Crippen MR) is 139 cm³/mol. The summed E-state index contributed by atoms with van der Waals surface area (Å²) in [4.78, 5) is 40.1. The van der Waals surface area contributed by atoms with Crippen LogP contribution in [-0.4, -0.2) is 43.4 Å². The van der Waals surface area contributed by atoms with E-state index in [2.05, 4.69) is 11.9 Å². The summed E-state index contributed by atoms with van der Waals surface area (Å²) in [5.41, 5.74) is 1.62. The van der Waals surface area contributed by atoms with Crippen molar-refractivity contribution in [1.29, 1.82) is 0 Å². The van der Waals surface area contributed by atoms with Crippen molar-refractivity contribution in [3.8, 4) is 5.75 Å². The van der Waals surface area contributed by atoms with E-state index >= 15 is 0 Å². The molecule has 3 aromatic rings. The number of thiophene rings is 1. The fourth-order valence-corrected chi connectivity index (χ4v) is 4.59. The van der Waals surface area contributed by atoms with Crippen LogP contribution in [-0.2, 0) is 17.8 Å². The third-order valence-corrected chi connectivity index (χ3v) is 6.40. The topological polar surface area (TPSA) is 98.1 Å². The summed E-state index contributed by atoms with van der Waals surface area (Å²) in [5, 5.41) is 2.95. The molecule has 1 aromatic carbocycles. The molecule has 0 bridgehead atoms. The van der Waals surface area contributed by atoms with Gasteiger partial charge in [-0.3, -0.25) is 9.59 Å². The summed E-state index contributed by atoms with van der Waals surface area (Å²) in [7, 11) is 3.24. The lowest BCUT2D eigenvalue weighted by Crippen LogP contribution is -2.21. The molecular weight excluding hydrogens is 480 g/mol. The van der Waals surface area contributed by atoms with Gasteiger partial charge in [0.05, 0.1) is 17.0 Å². The molecule has 2 heterocycles. The molecule has 2 aromatic heterocycles. The molecule has 0 spiro atoms. The second-order valence-electron chi connectivity index (χ2n) is 8.21. The van der Waals surface area contributed by atoms with Crippen molar-refractivity contribution in [2.24, 2.45) is 0 Å². The number of esters is 1. The average molecular weight is 511 g/mol. The summed E-state index contributed by atoms with van der Waals surface area (Å²) in [6, 6.07) is 10.8. The Morgan fingerprint density at radius 3 is 2.61 bits per heavy atom. The van der Waals surface area contributed by atoms with Gasteiger partial charge in [0, 0.05) is 14.1 Å². The average Bonchev–Trinajstić information content (AvgIpc) is 3.46. The maximum absolute atomic E-state index is 13.0. The monoisotopic (exact) mass is 510 g/mol. The number of furan rings is 1. The van der Waals surface area contributed by atoms with Crippen LogP contribution < -0.4 is 10.1 Å². The first-order valence-corrected chi connectivity index (χ1v) is 12.3. The highest BCUT2D eigenvalue weighted by atomic mass is 32.1. The summed E-state index contributed by atoms with van der Waals surface area (Å²) < 4.78 is 16.8. The highest BCUT2D eigenvalue weighted by molar-refractivity contribution is 7.18. The Kier molecular flexibility index (Phi) is 9.08. The molecule has 0 radical (unpaired) electrons. The molecule has 2 amide bonds. The van der Waals surface area contributed by atoms with Gasteiger partial charge in [-0.15, -0.1) is 17.9 Å². The number of amides is 2. The molecule has 0 atom stereocenters. The quantitative estimate of drug-likeness (QED) is 0.271. The lowest BCUT2D eigenvalue weighted by molar-refractivity contribution is 0.0506. The second kappa shape index (κ2) is 12.2. The zero-order chi connectivity index (χ0) is 26.2. The number of carbonyl (C=O) groups excluding carboxylic acids is 3. The number of para-hydroxylation sites is 1. The maximum atomic E-state index is 13.0. The normalized spacial score (nSPS) is 10.6. The zero-order valence-electron chi connectivity index (χ0n) is 20.9. The van der Waals surface area contributed by atoms with Gasteiger partial charge >= 0.3 is 5.97 Å². The maximum Gasteiger partial charge on any atom is 0.341 e. The number of rotatable bonds is 11. The predicted octanol–water partition coefficient (Wildman–Crippen LogP) is 5.48. The van der Waals surface area contributed by atoms with E-state index in [1.807, 2.05) is 31.2 Å². The standard InChI is InChI=1S/C27H30N2O6S/c1-6-10-18-11-8-9-12-20(18)34-16-19-13-14-21(35-19)24(30)28-25-22(27(32)33-15-7-2)17(3)23(36-25)26(31)29(4)5/h6,8-9,11-14H,1,7,10,15-16H2,2-5H3,(H,28,30). The molecule has 0 fully saturated rings. The molecule has 36 heavy (non-hydrogen) atoms. The van der Waals surface area contributed by atoms with Crippen LogP contribution in [0, 0.1) is 6.92 Å². The fourth-order valence-electron chi connectivity index (χ4n) is 3.38. The number of carbonyl (C=O) groups is 3. The molecule has 8 nitrogen and oxygen atoms in total. The molecule has 0 aliphatic heterocycles. The molecular formula is C27H30N2O6S. The molecule has 3 rings (SSSR count). The van der Waals surface area contributed by atoms with Gasteiger partial charge in [0.15, 0.2) is 5.76 Å². The minimum Gasteiger partial charge on any atom is -0.485 e. The van der Waals surface area contributed by atoms with Gasteiger partial charge in [-0.05, 0) is 49.1 Å². The number of allylic oxidation sites excluding steroid dienone is 1. The van der Waals surface area contributed by atoms with E-state index in [1.165, 1.54) is 11.0 Å². The molecule has 190 valence electrons. The minimum atomic E-state index is -0.592. The molecule has 0 aliphatic rings.